The Hall–Kier alpha value is -1.87. The van der Waals surface area contributed by atoms with Crippen LogP contribution in [-0.2, 0) is 14.6 Å². The molecule has 26 heavy (non-hydrogen) atoms. The summed E-state index contributed by atoms with van der Waals surface area (Å²) in [4.78, 5) is 0.230. The summed E-state index contributed by atoms with van der Waals surface area (Å²) in [7, 11) is -3.69. The van der Waals surface area contributed by atoms with Crippen molar-refractivity contribution in [2.24, 2.45) is 5.41 Å². The molecule has 3 atom stereocenters. The average molecular weight is 390 g/mol. The second kappa shape index (κ2) is 7.03. The van der Waals surface area contributed by atoms with Crippen molar-refractivity contribution < 1.29 is 13.2 Å². The van der Waals surface area contributed by atoms with Gasteiger partial charge in [0.05, 0.1) is 22.8 Å². The van der Waals surface area contributed by atoms with Gasteiger partial charge in [-0.25, -0.2) is 8.42 Å². The third-order valence-electron chi connectivity index (χ3n) is 4.90. The Morgan fingerprint density at radius 3 is 2.50 bits per heavy atom. The highest BCUT2D eigenvalue weighted by atomic mass is 35.5. The molecule has 3 unspecified atom stereocenters. The summed E-state index contributed by atoms with van der Waals surface area (Å²) < 4.78 is 32.0. The fourth-order valence-corrected chi connectivity index (χ4v) is 6.02. The third kappa shape index (κ3) is 3.14. The molecule has 4 nitrogen and oxygen atoms in total. The molecular weight excluding hydrogens is 370 g/mol. The smallest absolute Gasteiger partial charge is 0.183 e. The van der Waals surface area contributed by atoms with E-state index in [1.807, 2.05) is 19.9 Å². The number of ether oxygens (including phenoxy) is 1. The molecule has 0 bridgehead atoms. The largest absolute Gasteiger partial charge is 0.380 e. The Labute approximate surface area is 159 Å². The minimum Gasteiger partial charge on any atom is -0.380 e. The summed E-state index contributed by atoms with van der Waals surface area (Å²) in [5, 5.41) is 9.55. The first kappa shape index (κ1) is 18.9. The minimum atomic E-state index is -3.69. The molecule has 136 valence electrons. The summed E-state index contributed by atoms with van der Waals surface area (Å²) >= 11 is 6.09. The van der Waals surface area contributed by atoms with Gasteiger partial charge in [0, 0.05) is 17.5 Å². The molecule has 0 heterocycles. The van der Waals surface area contributed by atoms with E-state index in [0.717, 1.165) is 11.1 Å². The molecule has 6 heteroatoms. The van der Waals surface area contributed by atoms with Gasteiger partial charge in [0.25, 0.3) is 0 Å². The van der Waals surface area contributed by atoms with Crippen LogP contribution in [0.5, 0.6) is 0 Å². The van der Waals surface area contributed by atoms with Crippen LogP contribution < -0.4 is 0 Å². The Kier molecular flexibility index (Phi) is 5.12. The summed E-state index contributed by atoms with van der Waals surface area (Å²) in [6.07, 6.45) is 0. The van der Waals surface area contributed by atoms with Crippen LogP contribution in [0.3, 0.4) is 0 Å². The van der Waals surface area contributed by atoms with Crippen LogP contribution in [0.1, 0.15) is 24.0 Å². The molecule has 1 saturated carbocycles. The first-order chi connectivity index (χ1) is 12.4. The van der Waals surface area contributed by atoms with Crippen molar-refractivity contribution in [1.29, 1.82) is 5.26 Å². The minimum absolute atomic E-state index is 0.0763. The lowest BCUT2D eigenvalue weighted by Crippen LogP contribution is -2.19. The monoisotopic (exact) mass is 389 g/mol. The van der Waals surface area contributed by atoms with Crippen LogP contribution >= 0.6 is 11.6 Å². The van der Waals surface area contributed by atoms with E-state index in [9.17, 15) is 13.7 Å². The zero-order valence-corrected chi connectivity index (χ0v) is 16.2. The Balaban J connectivity index is 2.07. The maximum Gasteiger partial charge on any atom is 0.183 e. The lowest BCUT2D eigenvalue weighted by Gasteiger charge is -2.10. The van der Waals surface area contributed by atoms with Gasteiger partial charge in [0.15, 0.2) is 9.84 Å². The van der Waals surface area contributed by atoms with Crippen molar-refractivity contribution in [3.63, 3.8) is 0 Å². The molecule has 1 aliphatic rings. The van der Waals surface area contributed by atoms with E-state index in [-0.39, 0.29) is 11.5 Å². The van der Waals surface area contributed by atoms with Crippen molar-refractivity contribution in [1.82, 2.24) is 0 Å². The van der Waals surface area contributed by atoms with Crippen molar-refractivity contribution in [3.8, 4) is 6.07 Å². The van der Waals surface area contributed by atoms with Gasteiger partial charge in [-0.3, -0.25) is 0 Å². The molecule has 0 aromatic heterocycles. The predicted octanol–water partition coefficient (Wildman–Crippen LogP) is 4.13. The van der Waals surface area contributed by atoms with E-state index in [1.54, 1.807) is 42.5 Å². The molecule has 1 aliphatic carbocycles. The first-order valence-electron chi connectivity index (χ1n) is 8.42. The predicted molar refractivity (Wildman–Crippen MR) is 101 cm³/mol. The SMILES string of the molecule is CCOCC1(C#N)C(c2cccc(Cl)c2)C1S(=O)(=O)c1ccc(C)cc1. The van der Waals surface area contributed by atoms with Crippen molar-refractivity contribution >= 4 is 21.4 Å². The molecule has 0 aliphatic heterocycles. The zero-order valence-electron chi connectivity index (χ0n) is 14.6. The van der Waals surface area contributed by atoms with Gasteiger partial charge in [-0.15, -0.1) is 0 Å². The normalized spacial score (nSPS) is 24.8. The summed E-state index contributed by atoms with van der Waals surface area (Å²) in [5.41, 5.74) is 0.621. The van der Waals surface area contributed by atoms with Crippen molar-refractivity contribution in [2.45, 2.75) is 29.9 Å². The highest BCUT2D eigenvalue weighted by Crippen LogP contribution is 2.64. The first-order valence-corrected chi connectivity index (χ1v) is 10.3. The van der Waals surface area contributed by atoms with E-state index >= 15 is 0 Å². The van der Waals surface area contributed by atoms with E-state index in [2.05, 4.69) is 6.07 Å². The fraction of sp³-hybridized carbons (Fsp3) is 0.350. The third-order valence-corrected chi connectivity index (χ3v) is 7.43. The molecule has 3 rings (SSSR count). The molecule has 0 N–H and O–H groups in total. The number of benzene rings is 2. The van der Waals surface area contributed by atoms with Crippen LogP contribution in [0.15, 0.2) is 53.4 Å². The van der Waals surface area contributed by atoms with Crippen LogP contribution in [-0.4, -0.2) is 26.9 Å². The quantitative estimate of drug-likeness (QED) is 0.744. The summed E-state index contributed by atoms with van der Waals surface area (Å²) in [5.74, 6) is -0.468. The lowest BCUT2D eigenvalue weighted by atomic mass is 10.0. The number of hydrogen-bond donors (Lipinski definition) is 0. The second-order valence-electron chi connectivity index (χ2n) is 6.60. The van der Waals surface area contributed by atoms with E-state index in [0.29, 0.717) is 11.6 Å². The van der Waals surface area contributed by atoms with Gasteiger partial charge in [-0.05, 0) is 43.7 Å². The van der Waals surface area contributed by atoms with E-state index < -0.39 is 26.4 Å². The number of hydrogen-bond acceptors (Lipinski definition) is 4. The van der Waals surface area contributed by atoms with Gasteiger partial charge >= 0.3 is 0 Å². The highest BCUT2D eigenvalue weighted by Gasteiger charge is 2.72. The average Bonchev–Trinajstić information content (AvgIpc) is 3.31. The fourth-order valence-electron chi connectivity index (χ4n) is 3.52. The maximum atomic E-state index is 13.3. The zero-order chi connectivity index (χ0) is 18.9. The molecule has 0 radical (unpaired) electrons. The second-order valence-corrected chi connectivity index (χ2v) is 9.11. The molecule has 0 amide bonds. The van der Waals surface area contributed by atoms with E-state index in [4.69, 9.17) is 16.3 Å². The molecule has 2 aromatic carbocycles. The Morgan fingerprint density at radius 1 is 1.23 bits per heavy atom. The van der Waals surface area contributed by atoms with Crippen LogP contribution in [0, 0.1) is 23.7 Å². The molecule has 2 aromatic rings. The molecular formula is C20H20ClNO3S. The number of nitrogens with zero attached hydrogens (tertiary/aromatic N) is 1. The Morgan fingerprint density at radius 2 is 1.92 bits per heavy atom. The van der Waals surface area contributed by atoms with Crippen molar-refractivity contribution in [3.05, 3.63) is 64.7 Å². The highest BCUT2D eigenvalue weighted by molar-refractivity contribution is 7.92. The standard InChI is InChI=1S/C20H20ClNO3S/c1-3-25-13-20(12-22)18(15-5-4-6-16(21)11-15)19(20)26(23,24)17-9-7-14(2)8-10-17/h4-11,18-19H,3,13H2,1-2H3. The van der Waals surface area contributed by atoms with E-state index in [1.165, 1.54) is 0 Å². The van der Waals surface area contributed by atoms with Crippen LogP contribution in [0.2, 0.25) is 5.02 Å². The molecule has 0 saturated heterocycles. The van der Waals surface area contributed by atoms with Crippen molar-refractivity contribution in [2.75, 3.05) is 13.2 Å². The number of rotatable bonds is 6. The summed E-state index contributed by atoms with van der Waals surface area (Å²) in [6, 6.07) is 16.0. The van der Waals surface area contributed by atoms with Gasteiger partial charge in [-0.2, -0.15) is 5.26 Å². The summed E-state index contributed by atoms with van der Waals surface area (Å²) in [6.45, 7) is 4.22. The van der Waals surface area contributed by atoms with Crippen LogP contribution in [0.4, 0.5) is 0 Å². The number of halogens is 1. The van der Waals surface area contributed by atoms with Gasteiger partial charge in [-0.1, -0.05) is 41.4 Å². The number of sulfone groups is 1. The molecule has 1 fully saturated rings. The van der Waals surface area contributed by atoms with Crippen LogP contribution in [0.25, 0.3) is 0 Å². The number of nitriles is 1. The van der Waals surface area contributed by atoms with Gasteiger partial charge < -0.3 is 4.74 Å². The van der Waals surface area contributed by atoms with Gasteiger partial charge in [0.2, 0.25) is 0 Å². The topological polar surface area (TPSA) is 67.2 Å². The maximum absolute atomic E-state index is 13.3. The molecule has 0 spiro atoms. The Bertz CT molecular complexity index is 950. The van der Waals surface area contributed by atoms with Gasteiger partial charge in [0.1, 0.15) is 5.41 Å². The number of aryl methyl sites for hydroxylation is 1. The lowest BCUT2D eigenvalue weighted by molar-refractivity contribution is 0.117.